The van der Waals surface area contributed by atoms with Crippen LogP contribution in [0.5, 0.6) is 17.2 Å². The van der Waals surface area contributed by atoms with Gasteiger partial charge >= 0.3 is 0 Å². The van der Waals surface area contributed by atoms with E-state index >= 15 is 0 Å². The molecule has 9 heteroatoms. The number of aliphatic hydroxyl groups is 1. The van der Waals surface area contributed by atoms with Crippen molar-refractivity contribution in [2.45, 2.75) is 31.9 Å². The topological polar surface area (TPSA) is 124 Å². The molecule has 2 heterocycles. The molecule has 5 aromatic rings. The van der Waals surface area contributed by atoms with Gasteiger partial charge in [0.2, 0.25) is 5.56 Å². The summed E-state index contributed by atoms with van der Waals surface area (Å²) in [6.07, 6.45) is 1.74. The smallest absolute Gasteiger partial charge is 0.253 e. The number of likely N-dealkylation sites (tertiary alicyclic amines) is 1. The normalized spacial score (nSPS) is 14.2. The Bertz CT molecular complexity index is 1920. The van der Waals surface area contributed by atoms with Gasteiger partial charge in [0, 0.05) is 48.8 Å². The lowest BCUT2D eigenvalue weighted by molar-refractivity contribution is 0.0660. The van der Waals surface area contributed by atoms with Crippen LogP contribution >= 0.6 is 0 Å². The van der Waals surface area contributed by atoms with Crippen molar-refractivity contribution in [2.75, 3.05) is 33.4 Å². The first kappa shape index (κ1) is 32.8. The van der Waals surface area contributed by atoms with Crippen LogP contribution in [-0.4, -0.2) is 59.4 Å². The number of hydrogen-bond acceptors (Lipinski definition) is 7. The molecule has 1 aliphatic rings. The number of piperidine rings is 1. The first-order chi connectivity index (χ1) is 23.4. The molecule has 0 radical (unpaired) electrons. The van der Waals surface area contributed by atoms with E-state index in [1.807, 2.05) is 35.2 Å². The van der Waals surface area contributed by atoms with Gasteiger partial charge < -0.3 is 34.9 Å². The molecule has 6 rings (SSSR count). The number of ether oxygens (including phenoxy) is 2. The number of nitrogens with one attached hydrogen (secondary N) is 2. The summed E-state index contributed by atoms with van der Waals surface area (Å²) >= 11 is 0. The number of nitrogens with zero attached hydrogens (tertiary/aromatic N) is 1. The molecule has 1 aromatic heterocycles. The number of H-pyrrole nitrogens is 1. The molecule has 1 unspecified atom stereocenters. The molecule has 4 aromatic carbocycles. The Kier molecular flexibility index (Phi) is 10.4. The van der Waals surface area contributed by atoms with Crippen LogP contribution in [0.2, 0.25) is 0 Å². The van der Waals surface area contributed by atoms with Gasteiger partial charge in [0.05, 0.1) is 25.3 Å². The van der Waals surface area contributed by atoms with Crippen LogP contribution in [0.25, 0.3) is 10.9 Å². The van der Waals surface area contributed by atoms with Crippen molar-refractivity contribution in [3.63, 3.8) is 0 Å². The average molecular weight is 648 g/mol. The van der Waals surface area contributed by atoms with Gasteiger partial charge in [0.15, 0.2) is 0 Å². The predicted octanol–water partition coefficient (Wildman–Crippen LogP) is 5.59. The molecule has 4 N–H and O–H groups in total. The Morgan fingerprint density at radius 1 is 0.958 bits per heavy atom. The number of pyridine rings is 1. The number of aliphatic hydroxyl groups excluding tert-OH is 1. The molecular formula is C39H41N3O6. The molecule has 9 nitrogen and oxygen atoms in total. The highest BCUT2D eigenvalue weighted by Crippen LogP contribution is 2.29. The first-order valence-corrected chi connectivity index (χ1v) is 16.3. The van der Waals surface area contributed by atoms with Gasteiger partial charge in [0.1, 0.15) is 17.2 Å². The average Bonchev–Trinajstić information content (AvgIpc) is 3.11. The summed E-state index contributed by atoms with van der Waals surface area (Å²) in [7, 11) is 1.58. The molecule has 1 fully saturated rings. The van der Waals surface area contributed by atoms with Crippen LogP contribution in [0.4, 0.5) is 0 Å². The number of rotatable bonds is 12. The fraction of sp³-hybridized carbons (Fsp3) is 0.282. The number of aromatic nitrogens is 1. The minimum atomic E-state index is -0.885. The van der Waals surface area contributed by atoms with Crippen LogP contribution in [-0.2, 0) is 13.0 Å². The van der Waals surface area contributed by atoms with Crippen molar-refractivity contribution in [1.82, 2.24) is 15.2 Å². The van der Waals surface area contributed by atoms with Crippen LogP contribution < -0.4 is 20.3 Å². The number of benzene rings is 4. The third-order valence-corrected chi connectivity index (χ3v) is 8.99. The van der Waals surface area contributed by atoms with E-state index in [1.54, 1.807) is 25.3 Å². The summed E-state index contributed by atoms with van der Waals surface area (Å²) in [6, 6.07) is 30.2. The maximum absolute atomic E-state index is 13.4. The number of phenolic OH excluding ortho intramolecular Hbond substituents is 1. The Labute approximate surface area is 279 Å². The second kappa shape index (κ2) is 15.2. The first-order valence-electron chi connectivity index (χ1n) is 16.3. The number of phenols is 1. The third kappa shape index (κ3) is 7.87. The quantitative estimate of drug-likeness (QED) is 0.139. The maximum atomic E-state index is 13.4. The van der Waals surface area contributed by atoms with Gasteiger partial charge in [-0.05, 0) is 78.3 Å². The highest BCUT2D eigenvalue weighted by molar-refractivity contribution is 5.95. The lowest BCUT2D eigenvalue weighted by Gasteiger charge is -2.32. The summed E-state index contributed by atoms with van der Waals surface area (Å²) in [5, 5.41) is 24.8. The molecule has 1 saturated heterocycles. The Morgan fingerprint density at radius 2 is 1.75 bits per heavy atom. The van der Waals surface area contributed by atoms with E-state index in [9.17, 15) is 19.8 Å². The summed E-state index contributed by atoms with van der Waals surface area (Å²) < 4.78 is 11.8. The Morgan fingerprint density at radius 3 is 2.54 bits per heavy atom. The van der Waals surface area contributed by atoms with Crippen molar-refractivity contribution in [3.05, 3.63) is 135 Å². The van der Waals surface area contributed by atoms with Gasteiger partial charge in [-0.2, -0.15) is 0 Å². The van der Waals surface area contributed by atoms with E-state index in [4.69, 9.17) is 9.47 Å². The fourth-order valence-corrected chi connectivity index (χ4v) is 6.30. The van der Waals surface area contributed by atoms with E-state index in [-0.39, 0.29) is 23.8 Å². The zero-order valence-corrected chi connectivity index (χ0v) is 27.0. The SMILES string of the molecule is COc1cc(C(=O)N2CCC(COc3cccc(Cc4ccccc4)c3)CC2)ccc1CNCC(O)c1ccc(O)c2[nH]c(=O)ccc12. The number of carbonyl (C=O) groups excluding carboxylic acids is 1. The van der Waals surface area contributed by atoms with Gasteiger partial charge in [-0.1, -0.05) is 54.6 Å². The molecule has 248 valence electrons. The Balaban J connectivity index is 0.987. The molecule has 1 atom stereocenters. The summed E-state index contributed by atoms with van der Waals surface area (Å²) in [5.74, 6) is 1.78. The monoisotopic (exact) mass is 647 g/mol. The molecule has 0 bridgehead atoms. The van der Waals surface area contributed by atoms with E-state index in [0.29, 0.717) is 59.9 Å². The second-order valence-corrected chi connectivity index (χ2v) is 12.3. The number of carbonyl (C=O) groups is 1. The standard InChI is InChI=1S/C39H41N3O6/c1-47-36-22-29(10-11-30(36)23-40-24-35(44)32-12-14-34(43)38-33(32)13-15-37(45)41-38)39(46)42-18-16-27(17-19-42)25-48-31-9-5-8-28(21-31)20-26-6-3-2-4-7-26/h2-15,21-22,27,35,40,43-44H,16-20,23-25H2,1H3,(H,41,45). The minimum absolute atomic E-state index is 0.0199. The van der Waals surface area contributed by atoms with Gasteiger partial charge in [-0.15, -0.1) is 0 Å². The van der Waals surface area contributed by atoms with E-state index in [0.717, 1.165) is 30.6 Å². The maximum Gasteiger partial charge on any atom is 0.253 e. The second-order valence-electron chi connectivity index (χ2n) is 12.3. The number of amides is 1. The molecule has 0 spiro atoms. The number of methoxy groups -OCH3 is 1. The number of aromatic amines is 1. The number of fused-ring (bicyclic) bond motifs is 1. The highest BCUT2D eigenvalue weighted by Gasteiger charge is 2.25. The highest BCUT2D eigenvalue weighted by atomic mass is 16.5. The summed E-state index contributed by atoms with van der Waals surface area (Å²) in [4.78, 5) is 29.6. The Hall–Kier alpha value is -5.12. The molecule has 0 aliphatic carbocycles. The van der Waals surface area contributed by atoms with Gasteiger partial charge in [0.25, 0.3) is 5.91 Å². The molecule has 1 aliphatic heterocycles. The number of aromatic hydroxyl groups is 1. The molecular weight excluding hydrogens is 606 g/mol. The minimum Gasteiger partial charge on any atom is -0.506 e. The molecule has 0 saturated carbocycles. The van der Waals surface area contributed by atoms with Crippen molar-refractivity contribution in [3.8, 4) is 17.2 Å². The van der Waals surface area contributed by atoms with E-state index in [1.165, 1.54) is 23.3 Å². The lowest BCUT2D eigenvalue weighted by Crippen LogP contribution is -2.39. The zero-order chi connectivity index (χ0) is 33.5. The van der Waals surface area contributed by atoms with Crippen molar-refractivity contribution >= 4 is 16.8 Å². The van der Waals surface area contributed by atoms with Gasteiger partial charge in [-0.25, -0.2) is 0 Å². The summed E-state index contributed by atoms with van der Waals surface area (Å²) in [6.45, 7) is 2.60. The zero-order valence-electron chi connectivity index (χ0n) is 27.0. The third-order valence-electron chi connectivity index (χ3n) is 8.99. The van der Waals surface area contributed by atoms with Crippen molar-refractivity contribution < 1.29 is 24.5 Å². The summed E-state index contributed by atoms with van der Waals surface area (Å²) in [5.41, 5.74) is 4.46. The van der Waals surface area contributed by atoms with Gasteiger partial charge in [-0.3, -0.25) is 9.59 Å². The largest absolute Gasteiger partial charge is 0.506 e. The molecule has 1 amide bonds. The van der Waals surface area contributed by atoms with Crippen molar-refractivity contribution in [1.29, 1.82) is 0 Å². The fourth-order valence-electron chi connectivity index (χ4n) is 6.30. The lowest BCUT2D eigenvalue weighted by atomic mass is 9.97. The molecule has 48 heavy (non-hydrogen) atoms. The van der Waals surface area contributed by atoms with Crippen molar-refractivity contribution in [2.24, 2.45) is 5.92 Å². The number of hydrogen-bond donors (Lipinski definition) is 4. The van der Waals surface area contributed by atoms with Crippen LogP contribution in [0, 0.1) is 5.92 Å². The van der Waals surface area contributed by atoms with Crippen LogP contribution in [0.3, 0.4) is 0 Å². The van der Waals surface area contributed by atoms with Crippen LogP contribution in [0.1, 0.15) is 51.6 Å². The van der Waals surface area contributed by atoms with E-state index in [2.05, 4.69) is 46.7 Å². The predicted molar refractivity (Wildman–Crippen MR) is 186 cm³/mol. The van der Waals surface area contributed by atoms with Crippen LogP contribution in [0.15, 0.2) is 102 Å². The van der Waals surface area contributed by atoms with E-state index < -0.39 is 6.10 Å².